The molecule has 0 saturated heterocycles. The monoisotopic (exact) mass is 328 g/mol. The zero-order valence-corrected chi connectivity index (χ0v) is 14.8. The molecule has 124 valence electrons. The van der Waals surface area contributed by atoms with Crippen LogP contribution in [0.15, 0.2) is 18.2 Å². The molecule has 0 radical (unpaired) electrons. The average Bonchev–Trinajstić information content (AvgIpc) is 2.36. The van der Waals surface area contributed by atoms with Gasteiger partial charge in [0.05, 0.1) is 11.2 Å². The van der Waals surface area contributed by atoms with E-state index in [-0.39, 0.29) is 5.75 Å². The van der Waals surface area contributed by atoms with Crippen LogP contribution in [0, 0.1) is 0 Å². The van der Waals surface area contributed by atoms with Crippen molar-refractivity contribution >= 4 is 17.6 Å². The van der Waals surface area contributed by atoms with Gasteiger partial charge in [-0.15, -0.1) is 11.6 Å². The Kier molecular flexibility index (Phi) is 5.33. The van der Waals surface area contributed by atoms with Crippen LogP contribution in [-0.2, 0) is 16.0 Å². The first-order chi connectivity index (χ1) is 9.77. The number of benzene rings is 1. The molecule has 5 heteroatoms. The van der Waals surface area contributed by atoms with Crippen molar-refractivity contribution < 1.29 is 19.7 Å². The van der Waals surface area contributed by atoms with Crippen LogP contribution in [0.1, 0.15) is 59.1 Å². The van der Waals surface area contributed by atoms with Gasteiger partial charge in [-0.25, -0.2) is 4.79 Å². The summed E-state index contributed by atoms with van der Waals surface area (Å²) in [6, 6.07) is 4.85. The second-order valence-electron chi connectivity index (χ2n) is 6.80. The highest BCUT2D eigenvalue weighted by atomic mass is 35.5. The first-order valence-electron chi connectivity index (χ1n) is 7.29. The van der Waals surface area contributed by atoms with Crippen LogP contribution >= 0.6 is 11.6 Å². The van der Waals surface area contributed by atoms with Crippen molar-refractivity contribution in [2.24, 2.45) is 0 Å². The number of alkyl halides is 1. The molecule has 0 heterocycles. The summed E-state index contributed by atoms with van der Waals surface area (Å²) >= 11 is 6.11. The zero-order valence-electron chi connectivity index (χ0n) is 14.0. The molecule has 0 amide bonds. The van der Waals surface area contributed by atoms with Crippen molar-refractivity contribution in [1.29, 1.82) is 0 Å². The Labute approximate surface area is 137 Å². The maximum absolute atomic E-state index is 12.1. The fourth-order valence-electron chi connectivity index (χ4n) is 1.72. The van der Waals surface area contributed by atoms with Crippen molar-refractivity contribution in [2.45, 2.75) is 64.0 Å². The van der Waals surface area contributed by atoms with Crippen molar-refractivity contribution in [3.63, 3.8) is 0 Å². The SMILES string of the molecule is CCC(C)(Cl)C(=O)Oc1cc(C(C)(C)O)cc(C(C)(C)O)c1. The standard InChI is InChI=1S/C17H25ClO4/c1-7-17(6,18)14(19)22-13-9-11(15(2,3)20)8-12(10-13)16(4,5)21/h8-10,20-21H,7H2,1-6H3. The molecule has 0 saturated carbocycles. The predicted molar refractivity (Wildman–Crippen MR) is 87.1 cm³/mol. The Morgan fingerprint density at radius 1 is 1.05 bits per heavy atom. The molecule has 22 heavy (non-hydrogen) atoms. The van der Waals surface area contributed by atoms with Gasteiger partial charge in [0.2, 0.25) is 0 Å². The molecule has 0 aliphatic rings. The van der Waals surface area contributed by atoms with E-state index in [0.29, 0.717) is 17.5 Å². The number of esters is 1. The topological polar surface area (TPSA) is 66.8 Å². The average molecular weight is 329 g/mol. The number of rotatable bonds is 5. The third-order valence-electron chi connectivity index (χ3n) is 3.62. The molecule has 2 N–H and O–H groups in total. The Morgan fingerprint density at radius 2 is 1.45 bits per heavy atom. The van der Waals surface area contributed by atoms with Crippen LogP contribution in [0.4, 0.5) is 0 Å². The highest BCUT2D eigenvalue weighted by Crippen LogP contribution is 2.32. The van der Waals surface area contributed by atoms with Crippen LogP contribution in [0.2, 0.25) is 0 Å². The number of carbonyl (C=O) groups is 1. The van der Waals surface area contributed by atoms with E-state index in [9.17, 15) is 15.0 Å². The van der Waals surface area contributed by atoms with Gasteiger partial charge in [-0.05, 0) is 70.4 Å². The Morgan fingerprint density at radius 3 is 1.77 bits per heavy atom. The van der Waals surface area contributed by atoms with E-state index >= 15 is 0 Å². The summed E-state index contributed by atoms with van der Waals surface area (Å²) < 4.78 is 5.35. The minimum Gasteiger partial charge on any atom is -0.425 e. The van der Waals surface area contributed by atoms with Gasteiger partial charge in [0.15, 0.2) is 0 Å². The van der Waals surface area contributed by atoms with Crippen molar-refractivity contribution in [3.8, 4) is 5.75 Å². The molecule has 0 aliphatic carbocycles. The number of hydrogen-bond donors (Lipinski definition) is 2. The van der Waals surface area contributed by atoms with Crippen LogP contribution in [0.3, 0.4) is 0 Å². The molecular formula is C17H25ClO4. The van der Waals surface area contributed by atoms with E-state index in [0.717, 1.165) is 0 Å². The van der Waals surface area contributed by atoms with Crippen LogP contribution in [0.5, 0.6) is 5.75 Å². The van der Waals surface area contributed by atoms with Gasteiger partial charge in [0.1, 0.15) is 10.6 Å². The Balaban J connectivity index is 3.28. The summed E-state index contributed by atoms with van der Waals surface area (Å²) in [6.07, 6.45) is 0.428. The summed E-state index contributed by atoms with van der Waals surface area (Å²) in [4.78, 5) is 11.0. The largest absolute Gasteiger partial charge is 0.425 e. The molecule has 4 nitrogen and oxygen atoms in total. The zero-order chi connectivity index (χ0) is 17.3. The molecule has 0 aromatic heterocycles. The Hall–Kier alpha value is -1.10. The molecule has 1 aromatic carbocycles. The first-order valence-corrected chi connectivity index (χ1v) is 7.67. The summed E-state index contributed by atoms with van der Waals surface area (Å²) in [5.41, 5.74) is -1.17. The lowest BCUT2D eigenvalue weighted by atomic mass is 9.90. The lowest BCUT2D eigenvalue weighted by Crippen LogP contribution is -2.32. The number of ether oxygens (including phenoxy) is 1. The van der Waals surface area contributed by atoms with Crippen molar-refractivity contribution in [2.75, 3.05) is 0 Å². The second-order valence-corrected chi connectivity index (χ2v) is 7.64. The lowest BCUT2D eigenvalue weighted by Gasteiger charge is -2.25. The maximum Gasteiger partial charge on any atom is 0.332 e. The van der Waals surface area contributed by atoms with Gasteiger partial charge in [-0.3, -0.25) is 0 Å². The van der Waals surface area contributed by atoms with Crippen LogP contribution in [0.25, 0.3) is 0 Å². The number of hydrogen-bond acceptors (Lipinski definition) is 4. The van der Waals surface area contributed by atoms with Crippen LogP contribution in [-0.4, -0.2) is 21.1 Å². The van der Waals surface area contributed by atoms with E-state index in [4.69, 9.17) is 16.3 Å². The highest BCUT2D eigenvalue weighted by Gasteiger charge is 2.31. The van der Waals surface area contributed by atoms with E-state index in [1.165, 1.54) is 0 Å². The number of aliphatic hydroxyl groups is 2. The van der Waals surface area contributed by atoms with Gasteiger partial charge in [0.25, 0.3) is 0 Å². The summed E-state index contributed by atoms with van der Waals surface area (Å²) in [6.45, 7) is 9.89. The third-order valence-corrected chi connectivity index (χ3v) is 4.04. The first kappa shape index (κ1) is 18.9. The lowest BCUT2D eigenvalue weighted by molar-refractivity contribution is -0.137. The molecule has 0 spiro atoms. The van der Waals surface area contributed by atoms with Crippen molar-refractivity contribution in [1.82, 2.24) is 0 Å². The molecule has 0 bridgehead atoms. The third kappa shape index (κ3) is 4.70. The fourth-order valence-corrected chi connectivity index (χ4v) is 1.76. The van der Waals surface area contributed by atoms with Crippen molar-refractivity contribution in [3.05, 3.63) is 29.3 Å². The maximum atomic E-state index is 12.1. The fraction of sp³-hybridized carbons (Fsp3) is 0.588. The second kappa shape index (κ2) is 6.19. The van der Waals surface area contributed by atoms with Gasteiger partial charge in [0, 0.05) is 0 Å². The normalized spacial score (nSPS) is 15.3. The van der Waals surface area contributed by atoms with E-state index < -0.39 is 22.0 Å². The van der Waals surface area contributed by atoms with E-state index in [2.05, 4.69) is 0 Å². The molecule has 1 rings (SSSR count). The molecule has 1 atom stereocenters. The van der Waals surface area contributed by atoms with Gasteiger partial charge >= 0.3 is 5.97 Å². The minimum atomic E-state index is -1.13. The predicted octanol–water partition coefficient (Wildman–Crippen LogP) is 3.45. The molecule has 0 aliphatic heterocycles. The van der Waals surface area contributed by atoms with Gasteiger partial charge in [-0.2, -0.15) is 0 Å². The molecule has 1 unspecified atom stereocenters. The van der Waals surface area contributed by atoms with E-state index in [1.54, 1.807) is 59.7 Å². The van der Waals surface area contributed by atoms with Gasteiger partial charge < -0.3 is 14.9 Å². The molecular weight excluding hydrogens is 304 g/mol. The highest BCUT2D eigenvalue weighted by molar-refractivity contribution is 6.33. The minimum absolute atomic E-state index is 0.252. The van der Waals surface area contributed by atoms with Gasteiger partial charge in [-0.1, -0.05) is 6.92 Å². The summed E-state index contributed by atoms with van der Waals surface area (Å²) in [5.74, 6) is -0.312. The molecule has 1 aromatic rings. The number of carbonyl (C=O) groups excluding carboxylic acids is 1. The summed E-state index contributed by atoms with van der Waals surface area (Å²) in [7, 11) is 0. The van der Waals surface area contributed by atoms with Crippen LogP contribution < -0.4 is 4.74 Å². The summed E-state index contributed by atoms with van der Waals surface area (Å²) in [5, 5.41) is 20.4. The number of halogens is 1. The molecule has 0 fully saturated rings. The Bertz CT molecular complexity index is 519. The smallest absolute Gasteiger partial charge is 0.332 e. The van der Waals surface area contributed by atoms with E-state index in [1.807, 2.05) is 0 Å². The quantitative estimate of drug-likeness (QED) is 0.493.